The van der Waals surface area contributed by atoms with E-state index in [2.05, 4.69) is 27.1 Å². The molecule has 0 atom stereocenters. The van der Waals surface area contributed by atoms with Crippen LogP contribution in [0.15, 0.2) is 42.5 Å². The highest BCUT2D eigenvalue weighted by Crippen LogP contribution is 2.29. The van der Waals surface area contributed by atoms with E-state index in [1.54, 1.807) is 12.1 Å². The zero-order valence-electron chi connectivity index (χ0n) is 16.5. The van der Waals surface area contributed by atoms with Crippen LogP contribution in [-0.2, 0) is 23.0 Å². The fraction of sp³-hybridized carbons (Fsp3) is 0.381. The maximum atomic E-state index is 12.9. The first-order valence-corrected chi connectivity index (χ1v) is 11.3. The van der Waals surface area contributed by atoms with Crippen molar-refractivity contribution in [2.24, 2.45) is 5.92 Å². The lowest BCUT2D eigenvalue weighted by atomic mass is 9.98. The smallest absolute Gasteiger partial charge is 0.253 e. The molecule has 2 N–H and O–H groups in total. The molecule has 0 radical (unpaired) electrons. The average Bonchev–Trinajstić information content (AvgIpc) is 2.64. The molecule has 6 nitrogen and oxygen atoms in total. The minimum atomic E-state index is -3.42. The first-order valence-electron chi connectivity index (χ1n) is 9.44. The van der Waals surface area contributed by atoms with E-state index >= 15 is 0 Å². The molecule has 2 aromatic rings. The van der Waals surface area contributed by atoms with Crippen LogP contribution in [0.25, 0.3) is 0 Å². The van der Waals surface area contributed by atoms with Crippen LogP contribution in [0.5, 0.6) is 0 Å². The van der Waals surface area contributed by atoms with Gasteiger partial charge in [0, 0.05) is 31.0 Å². The first kappa shape index (κ1) is 20.2. The molecule has 0 aromatic heterocycles. The van der Waals surface area contributed by atoms with Crippen molar-refractivity contribution in [1.29, 1.82) is 0 Å². The third kappa shape index (κ3) is 5.04. The summed E-state index contributed by atoms with van der Waals surface area (Å²) in [6.07, 6.45) is 2.01. The molecule has 0 fully saturated rings. The summed E-state index contributed by atoms with van der Waals surface area (Å²) in [5.41, 5.74) is 4.27. The number of fused-ring (bicyclic) bond motifs is 1. The molecule has 0 spiro atoms. The van der Waals surface area contributed by atoms with Crippen LogP contribution in [0.4, 0.5) is 11.4 Å². The lowest BCUT2D eigenvalue weighted by Gasteiger charge is -2.32. The van der Waals surface area contributed by atoms with Gasteiger partial charge in [0.05, 0.1) is 11.8 Å². The van der Waals surface area contributed by atoms with Gasteiger partial charge in [-0.2, -0.15) is 0 Å². The zero-order valence-corrected chi connectivity index (χ0v) is 17.3. The summed E-state index contributed by atoms with van der Waals surface area (Å²) >= 11 is 0. The largest absolute Gasteiger partial charge is 0.366 e. The number of nitrogens with one attached hydrogen (secondary N) is 2. The molecular weight excluding hydrogens is 374 g/mol. The summed E-state index contributed by atoms with van der Waals surface area (Å²) in [5.74, 6) is 0.131. The Morgan fingerprint density at radius 1 is 1.14 bits per heavy atom. The number of rotatable bonds is 6. The van der Waals surface area contributed by atoms with Crippen molar-refractivity contribution in [3.05, 3.63) is 59.2 Å². The highest BCUT2D eigenvalue weighted by molar-refractivity contribution is 7.92. The molecule has 1 amide bonds. The van der Waals surface area contributed by atoms with Gasteiger partial charge in [0.25, 0.3) is 5.91 Å². The predicted molar refractivity (Wildman–Crippen MR) is 113 cm³/mol. The van der Waals surface area contributed by atoms with Crippen LogP contribution in [0.3, 0.4) is 0 Å². The third-order valence-corrected chi connectivity index (χ3v) is 5.29. The number of benzene rings is 2. The Morgan fingerprint density at radius 2 is 1.86 bits per heavy atom. The third-order valence-electron chi connectivity index (χ3n) is 4.69. The quantitative estimate of drug-likeness (QED) is 0.780. The molecule has 150 valence electrons. The van der Waals surface area contributed by atoms with Gasteiger partial charge >= 0.3 is 0 Å². The van der Waals surface area contributed by atoms with Crippen LogP contribution >= 0.6 is 0 Å². The average molecular weight is 402 g/mol. The molecule has 0 saturated carbocycles. The number of amides is 1. The van der Waals surface area contributed by atoms with Crippen molar-refractivity contribution in [3.8, 4) is 0 Å². The number of hydrogen-bond donors (Lipinski definition) is 2. The maximum Gasteiger partial charge on any atom is 0.253 e. The minimum Gasteiger partial charge on any atom is -0.366 e. The molecule has 0 saturated heterocycles. The summed E-state index contributed by atoms with van der Waals surface area (Å²) in [4.78, 5) is 15.0. The van der Waals surface area contributed by atoms with Crippen LogP contribution in [0.2, 0.25) is 0 Å². The molecular formula is C21H27N3O3S. The van der Waals surface area contributed by atoms with E-state index in [0.717, 1.165) is 31.5 Å². The Labute approximate surface area is 167 Å². The van der Waals surface area contributed by atoms with E-state index < -0.39 is 10.0 Å². The molecule has 3 rings (SSSR count). The molecule has 1 aliphatic heterocycles. The van der Waals surface area contributed by atoms with Crippen LogP contribution in [0.1, 0.15) is 35.3 Å². The van der Waals surface area contributed by atoms with Crippen molar-refractivity contribution in [2.75, 3.05) is 29.0 Å². The molecule has 1 heterocycles. The van der Waals surface area contributed by atoms with Crippen LogP contribution < -0.4 is 14.9 Å². The van der Waals surface area contributed by atoms with Gasteiger partial charge in [0.1, 0.15) is 0 Å². The predicted octanol–water partition coefficient (Wildman–Crippen LogP) is 3.01. The van der Waals surface area contributed by atoms with E-state index in [-0.39, 0.29) is 5.91 Å². The molecule has 2 aromatic carbocycles. The lowest BCUT2D eigenvalue weighted by molar-refractivity contribution is 0.0949. The van der Waals surface area contributed by atoms with Crippen LogP contribution in [-0.4, -0.2) is 33.7 Å². The van der Waals surface area contributed by atoms with E-state index in [0.29, 0.717) is 23.7 Å². The van der Waals surface area contributed by atoms with E-state index in [4.69, 9.17) is 0 Å². The number of anilines is 2. The fourth-order valence-corrected chi connectivity index (χ4v) is 3.92. The lowest BCUT2D eigenvalue weighted by Crippen LogP contribution is -2.34. The number of sulfonamides is 1. The van der Waals surface area contributed by atoms with Gasteiger partial charge < -0.3 is 10.2 Å². The second-order valence-electron chi connectivity index (χ2n) is 7.65. The topological polar surface area (TPSA) is 78.5 Å². The van der Waals surface area contributed by atoms with Gasteiger partial charge in [-0.3, -0.25) is 9.52 Å². The van der Waals surface area contributed by atoms with Crippen molar-refractivity contribution in [1.82, 2.24) is 5.32 Å². The van der Waals surface area contributed by atoms with Gasteiger partial charge in [-0.05, 0) is 41.7 Å². The highest BCUT2D eigenvalue weighted by Gasteiger charge is 2.22. The monoisotopic (exact) mass is 401 g/mol. The summed E-state index contributed by atoms with van der Waals surface area (Å²) in [6, 6.07) is 13.5. The Hall–Kier alpha value is -2.54. The second-order valence-corrected chi connectivity index (χ2v) is 9.40. The Bertz CT molecular complexity index is 971. The highest BCUT2D eigenvalue weighted by atomic mass is 32.2. The number of carbonyl (C=O) groups is 1. The maximum absolute atomic E-state index is 12.9. The Morgan fingerprint density at radius 3 is 2.54 bits per heavy atom. The van der Waals surface area contributed by atoms with E-state index in [9.17, 15) is 13.2 Å². The van der Waals surface area contributed by atoms with Gasteiger partial charge in [0.2, 0.25) is 10.0 Å². The SMILES string of the molecule is CC(C)CNC(=O)c1cc(NS(C)(=O)=O)ccc1N1CCc2ccccc2C1. The number of hydrogen-bond acceptors (Lipinski definition) is 4. The van der Waals surface area contributed by atoms with Gasteiger partial charge in [-0.1, -0.05) is 38.1 Å². The summed E-state index contributed by atoms with van der Waals surface area (Å²) in [6.45, 7) is 6.15. The van der Waals surface area contributed by atoms with Crippen molar-refractivity contribution in [2.45, 2.75) is 26.8 Å². The van der Waals surface area contributed by atoms with Crippen molar-refractivity contribution < 1.29 is 13.2 Å². The van der Waals surface area contributed by atoms with Gasteiger partial charge in [0.15, 0.2) is 0 Å². The van der Waals surface area contributed by atoms with Crippen LogP contribution in [0, 0.1) is 5.92 Å². The molecule has 0 bridgehead atoms. The Balaban J connectivity index is 1.94. The molecule has 0 aliphatic carbocycles. The first-order chi connectivity index (χ1) is 13.2. The van der Waals surface area contributed by atoms with Crippen molar-refractivity contribution >= 4 is 27.3 Å². The number of carbonyl (C=O) groups excluding carboxylic acids is 1. The van der Waals surface area contributed by atoms with E-state index in [1.165, 1.54) is 11.1 Å². The van der Waals surface area contributed by atoms with Crippen molar-refractivity contribution in [3.63, 3.8) is 0 Å². The summed E-state index contributed by atoms with van der Waals surface area (Å²) in [5, 5.41) is 2.94. The molecule has 7 heteroatoms. The summed E-state index contributed by atoms with van der Waals surface area (Å²) < 4.78 is 25.7. The summed E-state index contributed by atoms with van der Waals surface area (Å²) in [7, 11) is -3.42. The minimum absolute atomic E-state index is 0.195. The molecule has 0 unspecified atom stereocenters. The van der Waals surface area contributed by atoms with Gasteiger partial charge in [-0.25, -0.2) is 8.42 Å². The second kappa shape index (κ2) is 8.22. The van der Waals surface area contributed by atoms with E-state index in [1.807, 2.05) is 32.0 Å². The Kier molecular flexibility index (Phi) is 5.93. The number of nitrogens with zero attached hydrogens (tertiary/aromatic N) is 1. The van der Waals surface area contributed by atoms with Gasteiger partial charge in [-0.15, -0.1) is 0 Å². The molecule has 28 heavy (non-hydrogen) atoms. The fourth-order valence-electron chi connectivity index (χ4n) is 3.36. The molecule has 1 aliphatic rings. The standard InChI is InChI=1S/C21H27N3O3S/c1-15(2)13-22-21(25)19-12-18(23-28(3,26)27)8-9-20(19)24-11-10-16-6-4-5-7-17(16)14-24/h4-9,12,15,23H,10-11,13-14H2,1-3H3,(H,22,25). The normalized spacial score (nSPS) is 13.9. The zero-order chi connectivity index (χ0) is 20.3.